The van der Waals surface area contributed by atoms with Gasteiger partial charge in [0.1, 0.15) is 4.90 Å². The number of halogens is 1. The average molecular weight is 292 g/mol. The van der Waals surface area contributed by atoms with E-state index < -0.39 is 36.1 Å². The SMILES string of the molecule is CC(C#N)S(=O)(=O)Nc1ccccc1S(=O)(=O)F. The molecule has 1 rings (SSSR count). The van der Waals surface area contributed by atoms with Crippen LogP contribution in [0.25, 0.3) is 0 Å². The molecular formula is C9H9FN2O4S2. The highest BCUT2D eigenvalue weighted by molar-refractivity contribution is 7.93. The van der Waals surface area contributed by atoms with Crippen molar-refractivity contribution in [2.45, 2.75) is 17.1 Å². The highest BCUT2D eigenvalue weighted by Gasteiger charge is 2.24. The fraction of sp³-hybridized carbons (Fsp3) is 0.222. The Kier molecular flexibility index (Phi) is 3.93. The lowest BCUT2D eigenvalue weighted by Gasteiger charge is -2.11. The Morgan fingerprint density at radius 2 is 1.83 bits per heavy atom. The van der Waals surface area contributed by atoms with Crippen LogP contribution in [-0.4, -0.2) is 22.1 Å². The number of nitrogens with zero attached hydrogens (tertiary/aromatic N) is 1. The van der Waals surface area contributed by atoms with Crippen LogP contribution >= 0.6 is 0 Å². The average Bonchev–Trinajstić information content (AvgIpc) is 2.26. The van der Waals surface area contributed by atoms with E-state index in [1.807, 2.05) is 4.72 Å². The molecule has 0 saturated carbocycles. The zero-order chi connectivity index (χ0) is 14.0. The molecule has 1 aromatic rings. The van der Waals surface area contributed by atoms with E-state index in [4.69, 9.17) is 5.26 Å². The first-order chi connectivity index (χ1) is 8.18. The van der Waals surface area contributed by atoms with Crippen LogP contribution in [0.4, 0.5) is 9.57 Å². The molecule has 0 aliphatic carbocycles. The smallest absolute Gasteiger partial charge is 0.281 e. The maximum atomic E-state index is 12.9. The molecule has 0 heterocycles. The molecule has 9 heteroatoms. The van der Waals surface area contributed by atoms with Gasteiger partial charge in [-0.05, 0) is 19.1 Å². The third kappa shape index (κ3) is 3.18. The Morgan fingerprint density at radius 3 is 2.33 bits per heavy atom. The van der Waals surface area contributed by atoms with Crippen molar-refractivity contribution in [1.82, 2.24) is 0 Å². The van der Waals surface area contributed by atoms with Gasteiger partial charge in [-0.1, -0.05) is 12.1 Å². The lowest BCUT2D eigenvalue weighted by atomic mass is 10.3. The fourth-order valence-corrected chi connectivity index (χ4v) is 2.56. The summed E-state index contributed by atoms with van der Waals surface area (Å²) in [6.45, 7) is 1.12. The van der Waals surface area contributed by atoms with Gasteiger partial charge in [-0.25, -0.2) is 8.42 Å². The van der Waals surface area contributed by atoms with Crippen molar-refractivity contribution in [2.75, 3.05) is 4.72 Å². The number of nitrogens with one attached hydrogen (secondary N) is 1. The molecule has 0 spiro atoms. The number of nitriles is 1. The van der Waals surface area contributed by atoms with Crippen molar-refractivity contribution >= 4 is 25.9 Å². The van der Waals surface area contributed by atoms with Gasteiger partial charge in [0.15, 0.2) is 5.25 Å². The normalized spacial score (nSPS) is 13.6. The van der Waals surface area contributed by atoms with E-state index in [0.717, 1.165) is 19.1 Å². The molecule has 18 heavy (non-hydrogen) atoms. The Labute approximate surface area is 104 Å². The first-order valence-electron chi connectivity index (χ1n) is 4.63. The molecular weight excluding hydrogens is 283 g/mol. The van der Waals surface area contributed by atoms with Crippen molar-refractivity contribution in [3.63, 3.8) is 0 Å². The summed E-state index contributed by atoms with van der Waals surface area (Å²) < 4.78 is 59.5. The van der Waals surface area contributed by atoms with Crippen LogP contribution in [0.1, 0.15) is 6.92 Å². The van der Waals surface area contributed by atoms with E-state index in [2.05, 4.69) is 0 Å². The summed E-state index contributed by atoms with van der Waals surface area (Å²) in [4.78, 5) is -0.793. The first-order valence-corrected chi connectivity index (χ1v) is 7.56. The van der Waals surface area contributed by atoms with E-state index in [1.54, 1.807) is 0 Å². The number of anilines is 1. The summed E-state index contributed by atoms with van der Waals surface area (Å²) >= 11 is 0. The molecule has 1 atom stereocenters. The molecule has 0 amide bonds. The van der Waals surface area contributed by atoms with E-state index in [-0.39, 0.29) is 0 Å². The van der Waals surface area contributed by atoms with Crippen molar-refractivity contribution in [3.05, 3.63) is 24.3 Å². The Bertz CT molecular complexity index is 692. The molecule has 98 valence electrons. The number of rotatable bonds is 4. The molecule has 0 radical (unpaired) electrons. The molecule has 0 fully saturated rings. The van der Waals surface area contributed by atoms with Gasteiger partial charge in [-0.3, -0.25) is 4.72 Å². The van der Waals surface area contributed by atoms with Gasteiger partial charge in [-0.2, -0.15) is 13.7 Å². The first kappa shape index (κ1) is 14.4. The maximum absolute atomic E-state index is 12.9. The second kappa shape index (κ2) is 4.91. The molecule has 1 N–H and O–H groups in total. The predicted octanol–water partition coefficient (Wildman–Crippen LogP) is 0.999. The van der Waals surface area contributed by atoms with Gasteiger partial charge in [0.2, 0.25) is 10.0 Å². The highest BCUT2D eigenvalue weighted by Crippen LogP contribution is 2.24. The second-order valence-electron chi connectivity index (χ2n) is 3.35. The van der Waals surface area contributed by atoms with E-state index in [9.17, 15) is 20.7 Å². The summed E-state index contributed by atoms with van der Waals surface area (Å²) in [6, 6.07) is 6.09. The molecule has 0 aromatic heterocycles. The van der Waals surface area contributed by atoms with E-state index in [0.29, 0.717) is 0 Å². The highest BCUT2D eigenvalue weighted by atomic mass is 32.3. The maximum Gasteiger partial charge on any atom is 0.334 e. The van der Waals surface area contributed by atoms with Crippen LogP contribution < -0.4 is 4.72 Å². The minimum Gasteiger partial charge on any atom is -0.281 e. The standard InChI is InChI=1S/C9H9FN2O4S2/c1-7(6-11)18(15,16)12-8-4-2-3-5-9(8)17(10,13)14/h2-5,7,12H,1H3. The lowest BCUT2D eigenvalue weighted by molar-refractivity contribution is 0.552. The monoisotopic (exact) mass is 292 g/mol. The Morgan fingerprint density at radius 1 is 1.28 bits per heavy atom. The predicted molar refractivity (Wildman–Crippen MR) is 62.4 cm³/mol. The van der Waals surface area contributed by atoms with Crippen molar-refractivity contribution in [3.8, 4) is 6.07 Å². The topological polar surface area (TPSA) is 104 Å². The van der Waals surface area contributed by atoms with Crippen LogP contribution in [0.3, 0.4) is 0 Å². The summed E-state index contributed by atoms with van der Waals surface area (Å²) in [7, 11) is -9.14. The van der Waals surface area contributed by atoms with Gasteiger partial charge in [-0.15, -0.1) is 3.89 Å². The molecule has 1 unspecified atom stereocenters. The van der Waals surface area contributed by atoms with Gasteiger partial charge in [0, 0.05) is 0 Å². The van der Waals surface area contributed by atoms with Gasteiger partial charge in [0.25, 0.3) is 0 Å². The number of benzene rings is 1. The Hall–Kier alpha value is -1.66. The molecule has 6 nitrogen and oxygen atoms in total. The quantitative estimate of drug-likeness (QED) is 0.833. The lowest BCUT2D eigenvalue weighted by Crippen LogP contribution is -2.24. The minimum absolute atomic E-state index is 0.429. The Balaban J connectivity index is 3.27. The van der Waals surface area contributed by atoms with Crippen LogP contribution in [0.5, 0.6) is 0 Å². The molecule has 0 aliphatic rings. The van der Waals surface area contributed by atoms with Gasteiger partial charge < -0.3 is 0 Å². The van der Waals surface area contributed by atoms with Crippen molar-refractivity contribution in [2.24, 2.45) is 0 Å². The molecule has 1 aromatic carbocycles. The minimum atomic E-state index is -5.05. The zero-order valence-corrected chi connectivity index (χ0v) is 10.8. The van der Waals surface area contributed by atoms with Crippen LogP contribution in [-0.2, 0) is 20.2 Å². The molecule has 0 aliphatic heterocycles. The molecule has 0 saturated heterocycles. The number of para-hydroxylation sites is 1. The third-order valence-corrected chi connectivity index (χ3v) is 4.47. The van der Waals surface area contributed by atoms with E-state index in [1.165, 1.54) is 18.2 Å². The van der Waals surface area contributed by atoms with Gasteiger partial charge in [0.05, 0.1) is 11.8 Å². The number of sulfonamides is 1. The number of hydrogen-bond donors (Lipinski definition) is 1. The summed E-state index contributed by atoms with van der Waals surface area (Å²) in [5.41, 5.74) is -0.429. The van der Waals surface area contributed by atoms with Crippen molar-refractivity contribution in [1.29, 1.82) is 5.26 Å². The zero-order valence-electron chi connectivity index (χ0n) is 9.16. The van der Waals surface area contributed by atoms with E-state index >= 15 is 0 Å². The van der Waals surface area contributed by atoms with Crippen LogP contribution in [0.2, 0.25) is 0 Å². The summed E-state index contributed by atoms with van der Waals surface area (Å²) in [5, 5.41) is 7.12. The summed E-state index contributed by atoms with van der Waals surface area (Å²) in [5.74, 6) is 0. The fourth-order valence-electron chi connectivity index (χ4n) is 1.07. The summed E-state index contributed by atoms with van der Waals surface area (Å²) in [6.07, 6.45) is 0. The second-order valence-corrected chi connectivity index (χ2v) is 6.67. The van der Waals surface area contributed by atoms with Gasteiger partial charge >= 0.3 is 10.2 Å². The van der Waals surface area contributed by atoms with Crippen LogP contribution in [0.15, 0.2) is 29.2 Å². The largest absolute Gasteiger partial charge is 0.334 e. The number of hydrogen-bond acceptors (Lipinski definition) is 5. The third-order valence-electron chi connectivity index (χ3n) is 2.05. The molecule has 0 bridgehead atoms. The van der Waals surface area contributed by atoms with Crippen LogP contribution in [0, 0.1) is 11.3 Å². The van der Waals surface area contributed by atoms with Crippen molar-refractivity contribution < 1.29 is 20.7 Å².